The van der Waals surface area contributed by atoms with Crippen molar-refractivity contribution in [2.24, 2.45) is 0 Å². The van der Waals surface area contributed by atoms with Gasteiger partial charge in [-0.2, -0.15) is 0 Å². The van der Waals surface area contributed by atoms with Gasteiger partial charge in [0.1, 0.15) is 0 Å². The molecule has 0 saturated heterocycles. The monoisotopic (exact) mass is 181 g/mol. The molecule has 0 amide bonds. The molecule has 0 aromatic heterocycles. The molecule has 0 aliphatic rings. The van der Waals surface area contributed by atoms with E-state index in [0.29, 0.717) is 0 Å². The number of alkyl halides is 1. The molecule has 3 radical (unpaired) electrons. The molecule has 0 heterocycles. The van der Waals surface area contributed by atoms with Crippen LogP contribution < -0.4 is 0 Å². The van der Waals surface area contributed by atoms with Gasteiger partial charge in [0.2, 0.25) is 0 Å². The van der Waals surface area contributed by atoms with Crippen LogP contribution in [-0.4, -0.2) is 8.41 Å². The van der Waals surface area contributed by atoms with Gasteiger partial charge in [0.15, 0.2) is 0 Å². The molecule has 0 nitrogen and oxygen atoms in total. The standard InChI is InChI=1S/C7H7Br.B/c8-6-7-4-2-1-3-5-7;/h1-5H,6H2;. The molecule has 1 rings (SSSR count). The Hall–Kier alpha value is -0.235. The van der Waals surface area contributed by atoms with E-state index >= 15 is 0 Å². The van der Waals surface area contributed by atoms with E-state index in [-0.39, 0.29) is 8.41 Å². The number of benzene rings is 1. The number of rotatable bonds is 1. The molecule has 0 spiro atoms. The fourth-order valence-electron chi connectivity index (χ4n) is 0.567. The summed E-state index contributed by atoms with van der Waals surface area (Å²) in [5.74, 6) is 0. The molecular formula is C7H7BBr. The van der Waals surface area contributed by atoms with Gasteiger partial charge < -0.3 is 0 Å². The predicted octanol–water partition coefficient (Wildman–Crippen LogP) is 2.20. The molecule has 2 heteroatoms. The summed E-state index contributed by atoms with van der Waals surface area (Å²) < 4.78 is 0. The Balaban J connectivity index is 0.000000640. The summed E-state index contributed by atoms with van der Waals surface area (Å²) in [6.07, 6.45) is 0. The van der Waals surface area contributed by atoms with Gasteiger partial charge in [-0.1, -0.05) is 46.3 Å². The van der Waals surface area contributed by atoms with Crippen molar-refractivity contribution in [3.8, 4) is 0 Å². The van der Waals surface area contributed by atoms with E-state index in [4.69, 9.17) is 0 Å². The third kappa shape index (κ3) is 2.71. The van der Waals surface area contributed by atoms with Gasteiger partial charge in [-0.05, 0) is 5.56 Å². The predicted molar refractivity (Wildman–Crippen MR) is 44.8 cm³/mol. The molecule has 0 aliphatic heterocycles. The van der Waals surface area contributed by atoms with E-state index < -0.39 is 0 Å². The van der Waals surface area contributed by atoms with Gasteiger partial charge in [0.05, 0.1) is 0 Å². The molecular weight excluding hydrogens is 175 g/mol. The Morgan fingerprint density at radius 1 is 1.11 bits per heavy atom. The molecule has 45 valence electrons. The largest absolute Gasteiger partial charge is 0.0876 e. The van der Waals surface area contributed by atoms with Crippen LogP contribution in [0.25, 0.3) is 0 Å². The molecule has 9 heavy (non-hydrogen) atoms. The van der Waals surface area contributed by atoms with Crippen molar-refractivity contribution in [3.63, 3.8) is 0 Å². The molecule has 0 atom stereocenters. The lowest BCUT2D eigenvalue weighted by Crippen LogP contribution is -1.70. The van der Waals surface area contributed by atoms with Gasteiger partial charge in [0.25, 0.3) is 0 Å². The maximum atomic E-state index is 3.36. The molecule has 0 N–H and O–H groups in total. The van der Waals surface area contributed by atoms with Crippen molar-refractivity contribution < 1.29 is 0 Å². The smallest absolute Gasteiger partial charge is 0.0283 e. The van der Waals surface area contributed by atoms with E-state index in [2.05, 4.69) is 28.1 Å². The van der Waals surface area contributed by atoms with Gasteiger partial charge in [-0.25, -0.2) is 0 Å². The average molecular weight is 182 g/mol. The van der Waals surface area contributed by atoms with Crippen molar-refractivity contribution in [2.45, 2.75) is 5.33 Å². The first kappa shape index (κ1) is 8.76. The first-order chi connectivity index (χ1) is 3.93. The second-order valence-electron chi connectivity index (χ2n) is 1.62. The molecule has 0 aliphatic carbocycles. The minimum Gasteiger partial charge on any atom is -0.0876 e. The maximum Gasteiger partial charge on any atom is 0.0283 e. The van der Waals surface area contributed by atoms with E-state index in [1.165, 1.54) is 5.56 Å². The normalized spacial score (nSPS) is 8.11. The van der Waals surface area contributed by atoms with Crippen LogP contribution in [0.5, 0.6) is 0 Å². The molecule has 1 aromatic rings. The molecule has 0 bridgehead atoms. The second-order valence-corrected chi connectivity index (χ2v) is 2.18. The van der Waals surface area contributed by atoms with Crippen LogP contribution in [0.15, 0.2) is 30.3 Å². The minimum absolute atomic E-state index is 0. The zero-order valence-corrected chi connectivity index (χ0v) is 6.64. The van der Waals surface area contributed by atoms with Crippen molar-refractivity contribution in [1.29, 1.82) is 0 Å². The number of hydrogen-bond acceptors (Lipinski definition) is 0. The summed E-state index contributed by atoms with van der Waals surface area (Å²) in [7, 11) is 0. The number of halogens is 1. The lowest BCUT2D eigenvalue weighted by Gasteiger charge is -1.88. The Labute approximate surface area is 66.0 Å². The highest BCUT2D eigenvalue weighted by Crippen LogP contribution is 2.02. The Bertz CT molecular complexity index is 150. The molecule has 0 fully saturated rings. The van der Waals surface area contributed by atoms with Crippen LogP contribution in [0.1, 0.15) is 5.56 Å². The topological polar surface area (TPSA) is 0 Å². The fourth-order valence-corrected chi connectivity index (χ4v) is 0.941. The zero-order chi connectivity index (χ0) is 5.82. The van der Waals surface area contributed by atoms with Crippen molar-refractivity contribution in [3.05, 3.63) is 35.9 Å². The lowest BCUT2D eigenvalue weighted by atomic mass is 10.2. The number of hydrogen-bond donors (Lipinski definition) is 0. The average Bonchev–Trinajstić information content (AvgIpc) is 1.90. The second kappa shape index (κ2) is 4.63. The van der Waals surface area contributed by atoms with Crippen LogP contribution in [0.4, 0.5) is 0 Å². The Morgan fingerprint density at radius 3 is 2.00 bits per heavy atom. The highest BCUT2D eigenvalue weighted by molar-refractivity contribution is 9.08. The van der Waals surface area contributed by atoms with Crippen molar-refractivity contribution in [1.82, 2.24) is 0 Å². The van der Waals surface area contributed by atoms with Crippen LogP contribution in [-0.2, 0) is 5.33 Å². The van der Waals surface area contributed by atoms with E-state index in [9.17, 15) is 0 Å². The maximum absolute atomic E-state index is 3.36. The highest BCUT2D eigenvalue weighted by Gasteiger charge is 1.81. The SMILES string of the molecule is BrCc1ccccc1.[B]. The summed E-state index contributed by atoms with van der Waals surface area (Å²) in [6.45, 7) is 0. The molecule has 1 aromatic carbocycles. The summed E-state index contributed by atoms with van der Waals surface area (Å²) in [5, 5.41) is 0.952. The van der Waals surface area contributed by atoms with Crippen molar-refractivity contribution >= 4 is 24.3 Å². The lowest BCUT2D eigenvalue weighted by molar-refractivity contribution is 1.44. The van der Waals surface area contributed by atoms with Gasteiger partial charge >= 0.3 is 0 Å². The van der Waals surface area contributed by atoms with Crippen LogP contribution in [0.2, 0.25) is 0 Å². The van der Waals surface area contributed by atoms with Crippen LogP contribution in [0.3, 0.4) is 0 Å². The van der Waals surface area contributed by atoms with E-state index in [1.807, 2.05) is 18.2 Å². The first-order valence-electron chi connectivity index (χ1n) is 2.53. The Kier molecular flexibility index (Phi) is 4.50. The van der Waals surface area contributed by atoms with Crippen LogP contribution >= 0.6 is 15.9 Å². The highest BCUT2D eigenvalue weighted by atomic mass is 79.9. The zero-order valence-electron chi connectivity index (χ0n) is 5.05. The van der Waals surface area contributed by atoms with Crippen LogP contribution in [0, 0.1) is 0 Å². The fraction of sp³-hybridized carbons (Fsp3) is 0.143. The van der Waals surface area contributed by atoms with Gasteiger partial charge in [-0.3, -0.25) is 0 Å². The third-order valence-electron chi connectivity index (χ3n) is 0.997. The van der Waals surface area contributed by atoms with Gasteiger partial charge in [0, 0.05) is 13.7 Å². The summed E-state index contributed by atoms with van der Waals surface area (Å²) >= 11 is 3.36. The van der Waals surface area contributed by atoms with Crippen molar-refractivity contribution in [2.75, 3.05) is 0 Å². The van der Waals surface area contributed by atoms with E-state index in [0.717, 1.165) is 5.33 Å². The van der Waals surface area contributed by atoms with Gasteiger partial charge in [-0.15, -0.1) is 0 Å². The quantitative estimate of drug-likeness (QED) is 0.461. The Morgan fingerprint density at radius 2 is 1.67 bits per heavy atom. The summed E-state index contributed by atoms with van der Waals surface area (Å²) in [4.78, 5) is 0. The summed E-state index contributed by atoms with van der Waals surface area (Å²) in [6, 6.07) is 10.3. The summed E-state index contributed by atoms with van der Waals surface area (Å²) in [5.41, 5.74) is 1.33. The minimum atomic E-state index is 0. The van der Waals surface area contributed by atoms with E-state index in [1.54, 1.807) is 0 Å². The molecule has 0 saturated carbocycles. The third-order valence-corrected chi connectivity index (χ3v) is 1.64. The molecule has 0 unspecified atom stereocenters. The first-order valence-corrected chi connectivity index (χ1v) is 3.65.